The third kappa shape index (κ3) is 3.65. The van der Waals surface area contributed by atoms with Crippen LogP contribution in [-0.2, 0) is 10.0 Å². The summed E-state index contributed by atoms with van der Waals surface area (Å²) in [6.45, 7) is 2.55. The van der Waals surface area contributed by atoms with Gasteiger partial charge < -0.3 is 5.32 Å². The minimum absolute atomic E-state index is 0.0531. The Bertz CT molecular complexity index is 650. The van der Waals surface area contributed by atoms with E-state index >= 15 is 0 Å². The van der Waals surface area contributed by atoms with Gasteiger partial charge in [0.1, 0.15) is 0 Å². The molecule has 0 aliphatic carbocycles. The first-order valence-corrected chi connectivity index (χ1v) is 7.82. The molecule has 0 aliphatic heterocycles. The molecule has 0 amide bonds. The van der Waals surface area contributed by atoms with Crippen molar-refractivity contribution in [2.75, 3.05) is 24.2 Å². The maximum Gasteiger partial charge on any atom is 0.213 e. The van der Waals surface area contributed by atoms with E-state index in [-0.39, 0.29) is 5.75 Å². The summed E-state index contributed by atoms with van der Waals surface area (Å²) in [7, 11) is -3.18. The molecule has 0 fully saturated rings. The SMILES string of the molecule is CCNS(=O)(=O)CCNc1ccnc2ccccc12. The van der Waals surface area contributed by atoms with E-state index < -0.39 is 10.0 Å². The average Bonchev–Trinajstić information content (AvgIpc) is 2.39. The Kier molecular flexibility index (Phi) is 4.34. The van der Waals surface area contributed by atoms with Crippen molar-refractivity contribution < 1.29 is 8.42 Å². The lowest BCUT2D eigenvalue weighted by atomic mass is 10.2. The topological polar surface area (TPSA) is 71.1 Å². The van der Waals surface area contributed by atoms with Crippen molar-refractivity contribution in [2.45, 2.75) is 6.92 Å². The van der Waals surface area contributed by atoms with Crippen LogP contribution in [0.2, 0.25) is 0 Å². The van der Waals surface area contributed by atoms with Gasteiger partial charge in [0, 0.05) is 30.4 Å². The third-order valence-electron chi connectivity index (χ3n) is 2.70. The fourth-order valence-corrected chi connectivity index (χ4v) is 2.82. The molecule has 0 spiro atoms. The van der Waals surface area contributed by atoms with Gasteiger partial charge in [-0.15, -0.1) is 0 Å². The van der Waals surface area contributed by atoms with Gasteiger partial charge in [-0.2, -0.15) is 0 Å². The highest BCUT2D eigenvalue weighted by atomic mass is 32.2. The Morgan fingerprint density at radius 1 is 1.21 bits per heavy atom. The van der Waals surface area contributed by atoms with E-state index in [2.05, 4.69) is 15.0 Å². The maximum absolute atomic E-state index is 11.5. The first kappa shape index (κ1) is 13.8. The summed E-state index contributed by atoms with van der Waals surface area (Å²) < 4.78 is 25.5. The molecule has 2 N–H and O–H groups in total. The van der Waals surface area contributed by atoms with Crippen LogP contribution < -0.4 is 10.0 Å². The van der Waals surface area contributed by atoms with E-state index in [1.807, 2.05) is 30.3 Å². The Morgan fingerprint density at radius 2 is 2.00 bits per heavy atom. The number of pyridine rings is 1. The quantitative estimate of drug-likeness (QED) is 0.842. The second kappa shape index (κ2) is 5.99. The lowest BCUT2D eigenvalue weighted by molar-refractivity contribution is 0.584. The number of anilines is 1. The smallest absolute Gasteiger partial charge is 0.213 e. The maximum atomic E-state index is 11.5. The van der Waals surface area contributed by atoms with Gasteiger partial charge in [0.25, 0.3) is 0 Å². The monoisotopic (exact) mass is 279 g/mol. The highest BCUT2D eigenvalue weighted by Crippen LogP contribution is 2.20. The number of hydrogen-bond donors (Lipinski definition) is 2. The van der Waals surface area contributed by atoms with E-state index in [1.165, 1.54) is 0 Å². The molecule has 1 aromatic heterocycles. The molecule has 0 saturated heterocycles. The van der Waals surface area contributed by atoms with Crippen molar-refractivity contribution in [3.8, 4) is 0 Å². The molecule has 2 aromatic rings. The fourth-order valence-electron chi connectivity index (χ4n) is 1.86. The molecule has 19 heavy (non-hydrogen) atoms. The second-order valence-corrected chi connectivity index (χ2v) is 6.05. The molecule has 2 rings (SSSR count). The van der Waals surface area contributed by atoms with Crippen LogP contribution in [-0.4, -0.2) is 32.2 Å². The summed E-state index contributed by atoms with van der Waals surface area (Å²) in [4.78, 5) is 4.26. The highest BCUT2D eigenvalue weighted by Gasteiger charge is 2.08. The van der Waals surface area contributed by atoms with E-state index in [9.17, 15) is 8.42 Å². The lowest BCUT2D eigenvalue weighted by Gasteiger charge is -2.09. The van der Waals surface area contributed by atoms with Crippen molar-refractivity contribution in [2.24, 2.45) is 0 Å². The van der Waals surface area contributed by atoms with Crippen LogP contribution in [0, 0.1) is 0 Å². The number of hydrogen-bond acceptors (Lipinski definition) is 4. The van der Waals surface area contributed by atoms with Crippen molar-refractivity contribution in [3.05, 3.63) is 36.5 Å². The van der Waals surface area contributed by atoms with Gasteiger partial charge >= 0.3 is 0 Å². The Morgan fingerprint density at radius 3 is 2.79 bits per heavy atom. The van der Waals surface area contributed by atoms with Crippen LogP contribution in [0.4, 0.5) is 5.69 Å². The van der Waals surface area contributed by atoms with Gasteiger partial charge in [0.2, 0.25) is 10.0 Å². The van der Waals surface area contributed by atoms with Crippen LogP contribution in [0.25, 0.3) is 10.9 Å². The number of nitrogens with zero attached hydrogens (tertiary/aromatic N) is 1. The average molecular weight is 279 g/mol. The van der Waals surface area contributed by atoms with Crippen LogP contribution in [0.15, 0.2) is 36.5 Å². The number of nitrogens with one attached hydrogen (secondary N) is 2. The zero-order valence-electron chi connectivity index (χ0n) is 10.8. The molecule has 0 radical (unpaired) electrons. The summed E-state index contributed by atoms with van der Waals surface area (Å²) in [6, 6.07) is 9.60. The molecule has 0 bridgehead atoms. The Hall–Kier alpha value is -1.66. The molecule has 1 heterocycles. The second-order valence-electron chi connectivity index (χ2n) is 4.12. The number of sulfonamides is 1. The van der Waals surface area contributed by atoms with E-state index in [0.29, 0.717) is 13.1 Å². The van der Waals surface area contributed by atoms with Gasteiger partial charge in [0.15, 0.2) is 0 Å². The summed E-state index contributed by atoms with van der Waals surface area (Å²) in [6.07, 6.45) is 1.71. The summed E-state index contributed by atoms with van der Waals surface area (Å²) in [5.41, 5.74) is 1.79. The minimum atomic E-state index is -3.18. The zero-order valence-corrected chi connectivity index (χ0v) is 11.6. The standard InChI is InChI=1S/C13H17N3O2S/c1-2-16-19(17,18)10-9-15-13-7-8-14-12-6-4-3-5-11(12)13/h3-8,16H,2,9-10H2,1H3,(H,14,15). The van der Waals surface area contributed by atoms with Crippen molar-refractivity contribution >= 4 is 26.6 Å². The van der Waals surface area contributed by atoms with Crippen molar-refractivity contribution in [1.29, 1.82) is 0 Å². The molecule has 0 atom stereocenters. The highest BCUT2D eigenvalue weighted by molar-refractivity contribution is 7.89. The summed E-state index contributed by atoms with van der Waals surface area (Å²) in [5, 5.41) is 4.13. The van der Waals surface area contributed by atoms with Crippen LogP contribution >= 0.6 is 0 Å². The minimum Gasteiger partial charge on any atom is -0.383 e. The first-order chi connectivity index (χ1) is 9.12. The summed E-state index contributed by atoms with van der Waals surface area (Å²) >= 11 is 0. The van der Waals surface area contributed by atoms with Gasteiger partial charge in [0.05, 0.1) is 11.3 Å². The first-order valence-electron chi connectivity index (χ1n) is 6.17. The number of para-hydroxylation sites is 1. The van der Waals surface area contributed by atoms with Crippen LogP contribution in [0.5, 0.6) is 0 Å². The van der Waals surface area contributed by atoms with Gasteiger partial charge in [-0.05, 0) is 12.1 Å². The molecule has 6 heteroatoms. The zero-order chi connectivity index (χ0) is 13.7. The number of benzene rings is 1. The normalized spacial score (nSPS) is 11.6. The predicted molar refractivity (Wildman–Crippen MR) is 77.7 cm³/mol. The van der Waals surface area contributed by atoms with E-state index in [1.54, 1.807) is 13.1 Å². The molecule has 0 saturated carbocycles. The van der Waals surface area contributed by atoms with Gasteiger partial charge in [-0.25, -0.2) is 13.1 Å². The van der Waals surface area contributed by atoms with Crippen molar-refractivity contribution in [3.63, 3.8) is 0 Å². The fraction of sp³-hybridized carbons (Fsp3) is 0.308. The Labute approximate surface area is 113 Å². The van der Waals surface area contributed by atoms with Gasteiger partial charge in [-0.1, -0.05) is 25.1 Å². The van der Waals surface area contributed by atoms with E-state index in [4.69, 9.17) is 0 Å². The molecule has 5 nitrogen and oxygen atoms in total. The number of fused-ring (bicyclic) bond motifs is 1. The van der Waals surface area contributed by atoms with Crippen molar-refractivity contribution in [1.82, 2.24) is 9.71 Å². The molecule has 1 aromatic carbocycles. The number of aromatic nitrogens is 1. The number of rotatable bonds is 6. The molecular weight excluding hydrogens is 262 g/mol. The van der Waals surface area contributed by atoms with E-state index in [0.717, 1.165) is 16.6 Å². The molecule has 0 unspecified atom stereocenters. The Balaban J connectivity index is 2.06. The lowest BCUT2D eigenvalue weighted by Crippen LogP contribution is -2.29. The van der Waals surface area contributed by atoms with Gasteiger partial charge in [-0.3, -0.25) is 4.98 Å². The third-order valence-corrected chi connectivity index (χ3v) is 4.17. The van der Waals surface area contributed by atoms with Crippen LogP contribution in [0.1, 0.15) is 6.92 Å². The largest absolute Gasteiger partial charge is 0.383 e. The summed E-state index contributed by atoms with van der Waals surface area (Å²) in [5.74, 6) is 0.0531. The molecule has 102 valence electrons. The molecule has 0 aliphatic rings. The molecular formula is C13H17N3O2S. The predicted octanol–water partition coefficient (Wildman–Crippen LogP) is 1.59. The van der Waals surface area contributed by atoms with Crippen LogP contribution in [0.3, 0.4) is 0 Å².